The first-order valence-electron chi connectivity index (χ1n) is 5.55. The van der Waals surface area contributed by atoms with E-state index < -0.39 is 0 Å². The lowest BCUT2D eigenvalue weighted by atomic mass is 10.2. The van der Waals surface area contributed by atoms with E-state index in [2.05, 4.69) is 49.1 Å². The predicted molar refractivity (Wildman–Crippen MR) is 63.1 cm³/mol. The Kier molecular flexibility index (Phi) is 4.85. The van der Waals surface area contributed by atoms with E-state index in [4.69, 9.17) is 4.74 Å². The fourth-order valence-electron chi connectivity index (χ4n) is 1.50. The van der Waals surface area contributed by atoms with Gasteiger partial charge in [0.05, 0.1) is 6.61 Å². The number of aromatic nitrogens is 1. The van der Waals surface area contributed by atoms with Crippen LogP contribution in [-0.4, -0.2) is 24.8 Å². The highest BCUT2D eigenvalue weighted by atomic mass is 16.5. The van der Waals surface area contributed by atoms with E-state index in [1.54, 1.807) is 7.11 Å². The molecule has 1 aromatic rings. The van der Waals surface area contributed by atoms with Crippen molar-refractivity contribution in [3.63, 3.8) is 0 Å². The summed E-state index contributed by atoms with van der Waals surface area (Å²) in [5, 5.41) is 3.41. The van der Waals surface area contributed by atoms with Crippen molar-refractivity contribution in [2.24, 2.45) is 0 Å². The molecule has 0 radical (unpaired) electrons. The zero-order valence-corrected chi connectivity index (χ0v) is 10.2. The average Bonchev–Trinajstić information content (AvgIpc) is 2.66. The van der Waals surface area contributed by atoms with Gasteiger partial charge in [0.2, 0.25) is 0 Å². The lowest BCUT2D eigenvalue weighted by Gasteiger charge is -2.12. The third-order valence-corrected chi connectivity index (χ3v) is 2.59. The van der Waals surface area contributed by atoms with Crippen LogP contribution < -0.4 is 5.32 Å². The molecular formula is C12H22N2O. The molecule has 0 aliphatic heterocycles. The largest absolute Gasteiger partial charge is 0.383 e. The molecule has 3 nitrogen and oxygen atoms in total. The van der Waals surface area contributed by atoms with Crippen molar-refractivity contribution in [3.8, 4) is 0 Å². The number of hydrogen-bond acceptors (Lipinski definition) is 2. The van der Waals surface area contributed by atoms with Gasteiger partial charge in [-0.3, -0.25) is 0 Å². The zero-order chi connectivity index (χ0) is 11.3. The molecule has 1 heterocycles. The van der Waals surface area contributed by atoms with E-state index in [1.165, 1.54) is 5.56 Å². The molecule has 1 rings (SSSR count). The second-order valence-corrected chi connectivity index (χ2v) is 4.15. The van der Waals surface area contributed by atoms with Gasteiger partial charge >= 0.3 is 0 Å². The third-order valence-electron chi connectivity index (χ3n) is 2.59. The SMILES string of the molecule is COCCNC(C)c1ccn(C(C)C)c1. The van der Waals surface area contributed by atoms with Gasteiger partial charge in [-0.05, 0) is 32.4 Å². The first kappa shape index (κ1) is 12.3. The summed E-state index contributed by atoms with van der Waals surface area (Å²) in [6.45, 7) is 8.20. The molecule has 15 heavy (non-hydrogen) atoms. The summed E-state index contributed by atoms with van der Waals surface area (Å²) in [4.78, 5) is 0. The minimum absolute atomic E-state index is 0.389. The Morgan fingerprint density at radius 1 is 1.40 bits per heavy atom. The molecule has 86 valence electrons. The first-order valence-corrected chi connectivity index (χ1v) is 5.55. The van der Waals surface area contributed by atoms with Crippen molar-refractivity contribution in [2.45, 2.75) is 32.9 Å². The van der Waals surface area contributed by atoms with Crippen LogP contribution in [0.5, 0.6) is 0 Å². The molecular weight excluding hydrogens is 188 g/mol. The van der Waals surface area contributed by atoms with Gasteiger partial charge in [-0.1, -0.05) is 0 Å². The highest BCUT2D eigenvalue weighted by Crippen LogP contribution is 2.15. The van der Waals surface area contributed by atoms with Crippen molar-refractivity contribution in [1.29, 1.82) is 0 Å². The van der Waals surface area contributed by atoms with Crippen molar-refractivity contribution in [1.82, 2.24) is 9.88 Å². The molecule has 0 aliphatic carbocycles. The number of nitrogens with zero attached hydrogens (tertiary/aromatic N) is 1. The molecule has 1 aromatic heterocycles. The minimum Gasteiger partial charge on any atom is -0.383 e. The smallest absolute Gasteiger partial charge is 0.0587 e. The molecule has 0 aliphatic rings. The molecule has 0 amide bonds. The second kappa shape index (κ2) is 5.93. The van der Waals surface area contributed by atoms with Gasteiger partial charge in [-0.25, -0.2) is 0 Å². The molecule has 3 heteroatoms. The second-order valence-electron chi connectivity index (χ2n) is 4.15. The van der Waals surface area contributed by atoms with Gasteiger partial charge < -0.3 is 14.6 Å². The number of hydrogen-bond donors (Lipinski definition) is 1. The molecule has 0 bridgehead atoms. The van der Waals surface area contributed by atoms with Crippen molar-refractivity contribution in [3.05, 3.63) is 24.0 Å². The standard InChI is InChI=1S/C12H22N2O/c1-10(2)14-7-5-12(9-14)11(3)13-6-8-15-4/h5,7,9-11,13H,6,8H2,1-4H3. The van der Waals surface area contributed by atoms with Crippen LogP contribution in [0.1, 0.15) is 38.4 Å². The lowest BCUT2D eigenvalue weighted by Crippen LogP contribution is -2.22. The van der Waals surface area contributed by atoms with Crippen LogP contribution in [0.25, 0.3) is 0 Å². The normalized spacial score (nSPS) is 13.4. The highest BCUT2D eigenvalue weighted by molar-refractivity contribution is 5.15. The van der Waals surface area contributed by atoms with Crippen molar-refractivity contribution < 1.29 is 4.74 Å². The Balaban J connectivity index is 2.47. The number of ether oxygens (including phenoxy) is 1. The maximum atomic E-state index is 5.00. The molecule has 0 saturated heterocycles. The van der Waals surface area contributed by atoms with E-state index in [1.807, 2.05) is 0 Å². The summed E-state index contributed by atoms with van der Waals surface area (Å²) in [6, 6.07) is 3.09. The molecule has 0 fully saturated rings. The van der Waals surface area contributed by atoms with E-state index in [-0.39, 0.29) is 0 Å². The fourth-order valence-corrected chi connectivity index (χ4v) is 1.50. The molecule has 1 N–H and O–H groups in total. The Bertz CT molecular complexity index is 281. The number of rotatable bonds is 6. The van der Waals surface area contributed by atoms with E-state index in [0.717, 1.165) is 13.2 Å². The van der Waals surface area contributed by atoms with Gasteiger partial charge in [0, 0.05) is 38.1 Å². The van der Waals surface area contributed by atoms with Gasteiger partial charge in [0.25, 0.3) is 0 Å². The molecule has 0 saturated carbocycles. The molecule has 1 unspecified atom stereocenters. The van der Waals surface area contributed by atoms with Gasteiger partial charge in [-0.15, -0.1) is 0 Å². The van der Waals surface area contributed by atoms with Crippen molar-refractivity contribution >= 4 is 0 Å². The van der Waals surface area contributed by atoms with E-state index in [0.29, 0.717) is 12.1 Å². The molecule has 0 spiro atoms. The number of nitrogens with one attached hydrogen (secondary N) is 1. The quantitative estimate of drug-likeness (QED) is 0.729. The van der Waals surface area contributed by atoms with Gasteiger partial charge in [0.1, 0.15) is 0 Å². The maximum absolute atomic E-state index is 5.00. The van der Waals surface area contributed by atoms with Crippen LogP contribution in [0.15, 0.2) is 18.5 Å². The Hall–Kier alpha value is -0.800. The summed E-state index contributed by atoms with van der Waals surface area (Å²) < 4.78 is 7.23. The van der Waals surface area contributed by atoms with Crippen LogP contribution in [0.3, 0.4) is 0 Å². The van der Waals surface area contributed by atoms with Gasteiger partial charge in [0.15, 0.2) is 0 Å². The van der Waals surface area contributed by atoms with E-state index in [9.17, 15) is 0 Å². The Morgan fingerprint density at radius 2 is 2.13 bits per heavy atom. The monoisotopic (exact) mass is 210 g/mol. The van der Waals surface area contributed by atoms with Crippen molar-refractivity contribution in [2.75, 3.05) is 20.3 Å². The predicted octanol–water partition coefficient (Wildman–Crippen LogP) is 2.37. The summed E-state index contributed by atoms with van der Waals surface area (Å²) >= 11 is 0. The van der Waals surface area contributed by atoms with Crippen LogP contribution in [-0.2, 0) is 4.74 Å². The molecule has 0 aromatic carbocycles. The maximum Gasteiger partial charge on any atom is 0.0587 e. The topological polar surface area (TPSA) is 26.2 Å². The molecule has 1 atom stereocenters. The summed E-state index contributed by atoms with van der Waals surface area (Å²) in [5.41, 5.74) is 1.33. The minimum atomic E-state index is 0.389. The summed E-state index contributed by atoms with van der Waals surface area (Å²) in [5.74, 6) is 0. The highest BCUT2D eigenvalue weighted by Gasteiger charge is 2.06. The number of methoxy groups -OCH3 is 1. The Morgan fingerprint density at radius 3 is 2.67 bits per heavy atom. The van der Waals surface area contributed by atoms with Gasteiger partial charge in [-0.2, -0.15) is 0 Å². The Labute approximate surface area is 92.4 Å². The summed E-state index contributed by atoms with van der Waals surface area (Å²) in [6.07, 6.45) is 4.34. The van der Waals surface area contributed by atoms with Crippen LogP contribution in [0.4, 0.5) is 0 Å². The third kappa shape index (κ3) is 3.68. The van der Waals surface area contributed by atoms with Crippen LogP contribution in [0, 0.1) is 0 Å². The zero-order valence-electron chi connectivity index (χ0n) is 10.2. The van der Waals surface area contributed by atoms with Crippen LogP contribution in [0.2, 0.25) is 0 Å². The summed E-state index contributed by atoms with van der Waals surface area (Å²) in [7, 11) is 1.72. The average molecular weight is 210 g/mol. The first-order chi connectivity index (χ1) is 7.15. The lowest BCUT2D eigenvalue weighted by molar-refractivity contribution is 0.196. The fraction of sp³-hybridized carbons (Fsp3) is 0.667. The van der Waals surface area contributed by atoms with Crippen LogP contribution >= 0.6 is 0 Å². The van der Waals surface area contributed by atoms with E-state index >= 15 is 0 Å².